The predicted octanol–water partition coefficient (Wildman–Crippen LogP) is 4.86. The van der Waals surface area contributed by atoms with Crippen LogP contribution in [0.15, 0.2) is 24.3 Å². The van der Waals surface area contributed by atoms with Gasteiger partial charge in [-0.25, -0.2) is 14.8 Å². The van der Waals surface area contributed by atoms with Gasteiger partial charge in [-0.2, -0.15) is 4.39 Å². The van der Waals surface area contributed by atoms with Gasteiger partial charge < -0.3 is 24.3 Å². The van der Waals surface area contributed by atoms with Crippen molar-refractivity contribution < 1.29 is 23.5 Å². The Labute approximate surface area is 233 Å². The van der Waals surface area contributed by atoms with Gasteiger partial charge in [0.05, 0.1) is 30.4 Å². The number of nitrogens with zero attached hydrogens (tertiary/aromatic N) is 4. The van der Waals surface area contributed by atoms with E-state index in [9.17, 15) is 14.0 Å². The van der Waals surface area contributed by atoms with Gasteiger partial charge in [-0.3, -0.25) is 4.79 Å². The standard InChI is InChI=1S/C30H36FN5O4/c1-30(2,3)40-29(38)34-25-17-8-10-22(25)36(15-17)28(37)18-13-21-26(23(14-18)39-5)35(4)27(33-21)19-9-11-24(31)32-20(19)12-16-6-7-16/h9,11,13-14,16-17,22,25H,6-8,10,12,15H2,1-5H3,(H,34,38)/t17-,22-,25-/m1/s1. The number of methoxy groups -OCH3 is 1. The minimum Gasteiger partial charge on any atom is -0.494 e. The zero-order valence-electron chi connectivity index (χ0n) is 23.7. The zero-order chi connectivity index (χ0) is 28.3. The quantitative estimate of drug-likeness (QED) is 0.441. The lowest BCUT2D eigenvalue weighted by Gasteiger charge is -2.28. The molecule has 1 saturated heterocycles. The van der Waals surface area contributed by atoms with Crippen LogP contribution < -0.4 is 10.1 Å². The predicted molar refractivity (Wildman–Crippen MR) is 148 cm³/mol. The SMILES string of the molecule is COc1cc(C(=O)N2C[C@H]3CC[C@@H]2[C@@H]3NC(=O)OC(C)(C)C)cc2nc(-c3ccc(F)nc3CC3CC3)n(C)c12. The highest BCUT2D eigenvalue weighted by atomic mass is 19.1. The summed E-state index contributed by atoms with van der Waals surface area (Å²) in [5.74, 6) is 1.29. The van der Waals surface area contributed by atoms with Crippen molar-refractivity contribution in [3.8, 4) is 17.1 Å². The number of halogens is 1. The number of pyridine rings is 1. The van der Waals surface area contributed by atoms with E-state index in [1.54, 1.807) is 25.3 Å². The van der Waals surface area contributed by atoms with Crippen molar-refractivity contribution in [1.82, 2.24) is 24.8 Å². The summed E-state index contributed by atoms with van der Waals surface area (Å²) in [5, 5.41) is 3.01. The average molecular weight is 550 g/mol. The summed E-state index contributed by atoms with van der Waals surface area (Å²) in [6, 6.07) is 6.42. The summed E-state index contributed by atoms with van der Waals surface area (Å²) < 4.78 is 27.2. The molecule has 2 saturated carbocycles. The molecule has 2 amide bonds. The Kier molecular flexibility index (Phi) is 6.46. The van der Waals surface area contributed by atoms with Gasteiger partial charge in [0.2, 0.25) is 5.95 Å². The van der Waals surface area contributed by atoms with Crippen LogP contribution in [0.2, 0.25) is 0 Å². The molecule has 0 spiro atoms. The van der Waals surface area contributed by atoms with Gasteiger partial charge in [-0.15, -0.1) is 0 Å². The molecular formula is C30H36FN5O4. The highest BCUT2D eigenvalue weighted by Gasteiger charge is 2.50. The van der Waals surface area contributed by atoms with Gasteiger partial charge in [-0.05, 0) is 89.0 Å². The molecule has 0 radical (unpaired) electrons. The van der Waals surface area contributed by atoms with E-state index < -0.39 is 17.6 Å². The van der Waals surface area contributed by atoms with Crippen molar-refractivity contribution in [2.45, 2.75) is 70.6 Å². The highest BCUT2D eigenvalue weighted by molar-refractivity contribution is 6.00. The number of imidazole rings is 1. The molecule has 2 aliphatic carbocycles. The lowest BCUT2D eigenvalue weighted by molar-refractivity contribution is 0.0485. The molecule has 3 atom stereocenters. The first-order chi connectivity index (χ1) is 19.0. The lowest BCUT2D eigenvalue weighted by atomic mass is 10.1. The molecule has 1 aromatic carbocycles. The van der Waals surface area contributed by atoms with Crippen molar-refractivity contribution in [1.29, 1.82) is 0 Å². The molecule has 9 nitrogen and oxygen atoms in total. The van der Waals surface area contributed by atoms with E-state index >= 15 is 0 Å². The number of fused-ring (bicyclic) bond motifs is 3. The van der Waals surface area contributed by atoms with Crippen LogP contribution in [0.3, 0.4) is 0 Å². The summed E-state index contributed by atoms with van der Waals surface area (Å²) in [6.07, 6.45) is 4.30. The Morgan fingerprint density at radius 2 is 1.90 bits per heavy atom. The molecular weight excluding hydrogens is 513 g/mol. The molecule has 10 heteroatoms. The molecule has 1 aliphatic heterocycles. The number of aromatic nitrogens is 3. The number of carbonyl (C=O) groups excluding carboxylic acids is 2. The third-order valence-corrected chi connectivity index (χ3v) is 8.29. The summed E-state index contributed by atoms with van der Waals surface area (Å²) in [4.78, 5) is 37.3. The minimum atomic E-state index is -0.590. The number of aryl methyl sites for hydroxylation is 1. The number of hydrogen-bond acceptors (Lipinski definition) is 6. The van der Waals surface area contributed by atoms with Crippen LogP contribution in [0, 0.1) is 17.8 Å². The third kappa shape index (κ3) is 4.88. The fraction of sp³-hybridized carbons (Fsp3) is 0.533. The van der Waals surface area contributed by atoms with Crippen LogP contribution in [0.25, 0.3) is 22.4 Å². The van der Waals surface area contributed by atoms with E-state index in [-0.39, 0.29) is 23.9 Å². The number of likely N-dealkylation sites (tertiary alicyclic amines) is 1. The fourth-order valence-electron chi connectivity index (χ4n) is 6.32. The van der Waals surface area contributed by atoms with Crippen LogP contribution in [0.1, 0.15) is 62.5 Å². The summed E-state index contributed by atoms with van der Waals surface area (Å²) >= 11 is 0. The Morgan fingerprint density at radius 1 is 1.12 bits per heavy atom. The molecule has 6 rings (SSSR count). The largest absolute Gasteiger partial charge is 0.494 e. The normalized spacial score (nSPS) is 22.1. The van der Waals surface area contributed by atoms with E-state index in [1.807, 2.05) is 37.3 Å². The highest BCUT2D eigenvalue weighted by Crippen LogP contribution is 2.40. The molecule has 1 N–H and O–H groups in total. The maximum atomic E-state index is 14.1. The number of alkyl carbamates (subject to hydrolysis) is 1. The molecule has 3 fully saturated rings. The van der Waals surface area contributed by atoms with Gasteiger partial charge in [0.15, 0.2) is 0 Å². The van der Waals surface area contributed by atoms with Gasteiger partial charge in [0.1, 0.15) is 22.7 Å². The van der Waals surface area contributed by atoms with Gasteiger partial charge in [0, 0.05) is 24.7 Å². The molecule has 212 valence electrons. The van der Waals surface area contributed by atoms with E-state index in [4.69, 9.17) is 14.5 Å². The Hall–Kier alpha value is -3.69. The second-order valence-electron chi connectivity index (χ2n) is 12.4. The van der Waals surface area contributed by atoms with Crippen molar-refractivity contribution in [3.63, 3.8) is 0 Å². The minimum absolute atomic E-state index is 0.0960. The van der Waals surface area contributed by atoms with E-state index in [0.29, 0.717) is 47.2 Å². The maximum absolute atomic E-state index is 14.1. The smallest absolute Gasteiger partial charge is 0.407 e. The second kappa shape index (κ2) is 9.74. The Balaban J connectivity index is 1.30. The first-order valence-corrected chi connectivity index (χ1v) is 14.0. The van der Waals surface area contributed by atoms with Gasteiger partial charge in [0.25, 0.3) is 5.91 Å². The molecule has 2 aromatic heterocycles. The number of benzene rings is 1. The zero-order valence-corrected chi connectivity index (χ0v) is 23.7. The van der Waals surface area contributed by atoms with Crippen molar-refractivity contribution in [2.75, 3.05) is 13.7 Å². The van der Waals surface area contributed by atoms with E-state index in [2.05, 4.69) is 10.3 Å². The van der Waals surface area contributed by atoms with Crippen molar-refractivity contribution >= 4 is 23.0 Å². The number of rotatable bonds is 6. The molecule has 40 heavy (non-hydrogen) atoms. The number of nitrogens with one attached hydrogen (secondary N) is 1. The monoisotopic (exact) mass is 549 g/mol. The number of piperidine rings is 1. The van der Waals surface area contributed by atoms with E-state index in [1.165, 1.54) is 6.07 Å². The molecule has 3 heterocycles. The number of hydrogen-bond donors (Lipinski definition) is 1. The number of amides is 2. The lowest BCUT2D eigenvalue weighted by Crippen LogP contribution is -2.46. The van der Waals surface area contributed by atoms with Crippen LogP contribution in [0.5, 0.6) is 5.75 Å². The van der Waals surface area contributed by atoms with Crippen LogP contribution >= 0.6 is 0 Å². The summed E-state index contributed by atoms with van der Waals surface area (Å²) in [7, 11) is 3.47. The molecule has 2 bridgehead atoms. The molecule has 3 aromatic rings. The van der Waals surface area contributed by atoms with Crippen LogP contribution in [0.4, 0.5) is 9.18 Å². The van der Waals surface area contributed by atoms with Gasteiger partial charge in [-0.1, -0.05) is 0 Å². The third-order valence-electron chi connectivity index (χ3n) is 8.29. The van der Waals surface area contributed by atoms with Crippen LogP contribution in [-0.4, -0.2) is 62.8 Å². The van der Waals surface area contributed by atoms with Crippen LogP contribution in [-0.2, 0) is 18.2 Å². The Morgan fingerprint density at radius 3 is 2.60 bits per heavy atom. The summed E-state index contributed by atoms with van der Waals surface area (Å²) in [6.45, 7) is 6.07. The average Bonchev–Trinajstić information content (AvgIpc) is 3.43. The first kappa shape index (κ1) is 26.5. The van der Waals surface area contributed by atoms with Gasteiger partial charge >= 0.3 is 6.09 Å². The topological polar surface area (TPSA) is 98.6 Å². The second-order valence-corrected chi connectivity index (χ2v) is 12.4. The maximum Gasteiger partial charge on any atom is 0.407 e. The summed E-state index contributed by atoms with van der Waals surface area (Å²) in [5.41, 5.74) is 2.75. The van der Waals surface area contributed by atoms with Crippen molar-refractivity contribution in [3.05, 3.63) is 41.5 Å². The number of ether oxygens (including phenoxy) is 2. The van der Waals surface area contributed by atoms with E-state index in [0.717, 1.165) is 36.8 Å². The molecule has 3 aliphatic rings. The van der Waals surface area contributed by atoms with Crippen molar-refractivity contribution in [2.24, 2.45) is 18.9 Å². The Bertz CT molecular complexity index is 1490. The number of carbonyl (C=O) groups is 2. The fourth-order valence-corrected chi connectivity index (χ4v) is 6.32. The first-order valence-electron chi connectivity index (χ1n) is 14.0. The molecule has 0 unspecified atom stereocenters.